The molecule has 0 saturated carbocycles. The predicted molar refractivity (Wildman–Crippen MR) is 112 cm³/mol. The fraction of sp³-hybridized carbons (Fsp3) is 0.522. The summed E-state index contributed by atoms with van der Waals surface area (Å²) in [5.74, 6) is 0.136. The van der Waals surface area contributed by atoms with Gasteiger partial charge in [0, 0.05) is 64.3 Å². The zero-order valence-electron chi connectivity index (χ0n) is 17.4. The van der Waals surface area contributed by atoms with Gasteiger partial charge in [0.15, 0.2) is 0 Å². The summed E-state index contributed by atoms with van der Waals surface area (Å²) in [5, 5.41) is 0. The van der Waals surface area contributed by atoms with Gasteiger partial charge >= 0.3 is 0 Å². The normalized spacial score (nSPS) is 25.6. The molecule has 0 N–H and O–H groups in total. The molecule has 1 unspecified atom stereocenters. The molecule has 2 aliphatic rings. The quantitative estimate of drug-likeness (QED) is 0.727. The summed E-state index contributed by atoms with van der Waals surface area (Å²) in [6.45, 7) is 9.34. The summed E-state index contributed by atoms with van der Waals surface area (Å²) in [4.78, 5) is 27.0. The van der Waals surface area contributed by atoms with Crippen molar-refractivity contribution in [3.8, 4) is 0 Å². The summed E-state index contributed by atoms with van der Waals surface area (Å²) in [6.07, 6.45) is 6.81. The Morgan fingerprint density at radius 3 is 2.48 bits per heavy atom. The highest BCUT2D eigenvalue weighted by atomic mass is 16.5. The van der Waals surface area contributed by atoms with Crippen molar-refractivity contribution in [1.82, 2.24) is 19.8 Å². The lowest BCUT2D eigenvalue weighted by Gasteiger charge is -2.52. The Morgan fingerprint density at radius 2 is 1.83 bits per heavy atom. The average molecular weight is 395 g/mol. The molecule has 2 aromatic rings. The zero-order chi connectivity index (χ0) is 20.3. The maximum absolute atomic E-state index is 13.7. The number of nitrogens with zero attached hydrogens (tertiary/aromatic N) is 4. The number of carbonyl (C=O) groups is 1. The van der Waals surface area contributed by atoms with Gasteiger partial charge in [-0.25, -0.2) is 0 Å². The molecule has 2 saturated heterocycles. The number of Topliss-reactive ketones (excluding diaryl/α,β-unsaturated/α-hetero) is 1. The van der Waals surface area contributed by atoms with Crippen LogP contribution in [-0.2, 0) is 11.3 Å². The topological polar surface area (TPSA) is 58.6 Å². The monoisotopic (exact) mass is 394 g/mol. The highest BCUT2D eigenvalue weighted by Crippen LogP contribution is 2.39. The molecule has 0 amide bonds. The van der Waals surface area contributed by atoms with Gasteiger partial charge in [0.05, 0.1) is 11.1 Å². The molecule has 0 aromatic carbocycles. The van der Waals surface area contributed by atoms with Crippen LogP contribution in [0.2, 0.25) is 0 Å². The van der Waals surface area contributed by atoms with Gasteiger partial charge in [-0.3, -0.25) is 24.6 Å². The minimum Gasteiger partial charge on any atom is -0.375 e. The number of hydrogen-bond donors (Lipinski definition) is 0. The summed E-state index contributed by atoms with van der Waals surface area (Å²) >= 11 is 0. The molecule has 154 valence electrons. The molecule has 2 aromatic heterocycles. The lowest BCUT2D eigenvalue weighted by atomic mass is 9.75. The van der Waals surface area contributed by atoms with E-state index < -0.39 is 5.54 Å². The lowest BCUT2D eigenvalue weighted by Crippen LogP contribution is -2.65. The average Bonchev–Trinajstić information content (AvgIpc) is 2.74. The van der Waals surface area contributed by atoms with E-state index in [4.69, 9.17) is 4.74 Å². The Morgan fingerprint density at radius 1 is 1.07 bits per heavy atom. The third-order valence-electron chi connectivity index (χ3n) is 6.18. The molecule has 29 heavy (non-hydrogen) atoms. The van der Waals surface area contributed by atoms with Crippen molar-refractivity contribution >= 4 is 5.78 Å². The highest BCUT2D eigenvalue weighted by molar-refractivity contribution is 6.02. The molecular formula is C23H30N4O2. The highest BCUT2D eigenvalue weighted by Gasteiger charge is 2.51. The summed E-state index contributed by atoms with van der Waals surface area (Å²) < 4.78 is 5.98. The van der Waals surface area contributed by atoms with Crippen LogP contribution in [0.1, 0.15) is 42.7 Å². The summed E-state index contributed by atoms with van der Waals surface area (Å²) in [6, 6.07) is 9.73. The second kappa shape index (κ2) is 8.30. The van der Waals surface area contributed by atoms with Gasteiger partial charge in [0.1, 0.15) is 5.69 Å². The van der Waals surface area contributed by atoms with E-state index in [9.17, 15) is 4.79 Å². The molecule has 6 heteroatoms. The maximum Gasteiger partial charge on any atom is 0.201 e. The number of ketones is 1. The van der Waals surface area contributed by atoms with E-state index >= 15 is 0 Å². The molecule has 0 radical (unpaired) electrons. The van der Waals surface area contributed by atoms with Crippen LogP contribution >= 0.6 is 0 Å². The Kier molecular flexibility index (Phi) is 5.76. The minimum atomic E-state index is -0.543. The van der Waals surface area contributed by atoms with Crippen LogP contribution in [0, 0.1) is 0 Å². The van der Waals surface area contributed by atoms with Crippen LogP contribution in [0.25, 0.3) is 0 Å². The molecule has 2 aliphatic heterocycles. The van der Waals surface area contributed by atoms with E-state index in [1.807, 2.05) is 30.6 Å². The van der Waals surface area contributed by atoms with E-state index in [2.05, 4.69) is 45.7 Å². The SMILES string of the molecule is CC1(C)CC(C(=O)c2ccccn2)(N2CCN(Cc3ccncc3)CC2)CCO1. The first-order valence-corrected chi connectivity index (χ1v) is 10.4. The van der Waals surface area contributed by atoms with E-state index in [1.54, 1.807) is 6.20 Å². The third-order valence-corrected chi connectivity index (χ3v) is 6.18. The summed E-state index contributed by atoms with van der Waals surface area (Å²) in [5.41, 5.74) is 0.972. The van der Waals surface area contributed by atoms with Gasteiger partial charge in [0.25, 0.3) is 0 Å². The van der Waals surface area contributed by atoms with Crippen LogP contribution in [0.3, 0.4) is 0 Å². The van der Waals surface area contributed by atoms with E-state index in [1.165, 1.54) is 5.56 Å². The van der Waals surface area contributed by atoms with Crippen LogP contribution in [0.4, 0.5) is 0 Å². The second-order valence-electron chi connectivity index (χ2n) is 8.73. The van der Waals surface area contributed by atoms with E-state index in [0.29, 0.717) is 18.7 Å². The fourth-order valence-corrected chi connectivity index (χ4v) is 4.76. The number of pyridine rings is 2. The van der Waals surface area contributed by atoms with Crippen LogP contribution < -0.4 is 0 Å². The standard InChI is InChI=1S/C23H30N4O2/c1-22(2)18-23(8-16-29-22,21(28)20-5-3-4-9-25-20)27-14-12-26(13-15-27)17-19-6-10-24-11-7-19/h3-7,9-11H,8,12-18H2,1-2H3. The molecule has 0 spiro atoms. The first-order valence-electron chi connectivity index (χ1n) is 10.4. The molecule has 2 fully saturated rings. The Hall–Kier alpha value is -2.15. The van der Waals surface area contributed by atoms with Crippen molar-refractivity contribution in [2.45, 2.75) is 44.4 Å². The molecule has 0 aliphatic carbocycles. The van der Waals surface area contributed by atoms with Crippen molar-refractivity contribution in [2.24, 2.45) is 0 Å². The minimum absolute atomic E-state index is 0.136. The number of rotatable bonds is 5. The molecule has 6 nitrogen and oxygen atoms in total. The largest absolute Gasteiger partial charge is 0.375 e. The van der Waals surface area contributed by atoms with Crippen LogP contribution in [-0.4, -0.2) is 69.5 Å². The Balaban J connectivity index is 1.52. The van der Waals surface area contributed by atoms with Crippen molar-refractivity contribution in [3.63, 3.8) is 0 Å². The lowest BCUT2D eigenvalue weighted by molar-refractivity contribution is -0.113. The molecule has 0 bridgehead atoms. The van der Waals surface area contributed by atoms with Crippen molar-refractivity contribution < 1.29 is 9.53 Å². The first-order chi connectivity index (χ1) is 14.0. The number of ether oxygens (including phenoxy) is 1. The maximum atomic E-state index is 13.7. The summed E-state index contributed by atoms with van der Waals surface area (Å²) in [7, 11) is 0. The Labute approximate surface area is 172 Å². The number of hydrogen-bond acceptors (Lipinski definition) is 6. The van der Waals surface area contributed by atoms with E-state index in [-0.39, 0.29) is 11.4 Å². The number of carbonyl (C=O) groups excluding carboxylic acids is 1. The van der Waals surface area contributed by atoms with Gasteiger partial charge in [-0.1, -0.05) is 6.07 Å². The second-order valence-corrected chi connectivity index (χ2v) is 8.73. The first kappa shape index (κ1) is 20.1. The predicted octanol–water partition coefficient (Wildman–Crippen LogP) is 2.80. The van der Waals surface area contributed by atoms with Gasteiger partial charge in [0.2, 0.25) is 5.78 Å². The van der Waals surface area contributed by atoms with Crippen molar-refractivity contribution in [1.29, 1.82) is 0 Å². The van der Waals surface area contributed by atoms with E-state index in [0.717, 1.165) is 39.1 Å². The molecule has 4 rings (SSSR count). The van der Waals surface area contributed by atoms with Crippen LogP contribution in [0.15, 0.2) is 48.9 Å². The van der Waals surface area contributed by atoms with Crippen molar-refractivity contribution in [2.75, 3.05) is 32.8 Å². The van der Waals surface area contributed by atoms with Gasteiger partial charge < -0.3 is 4.74 Å². The van der Waals surface area contributed by atoms with Gasteiger partial charge in [-0.05, 0) is 50.1 Å². The Bertz CT molecular complexity index is 819. The number of piperazine rings is 1. The molecule has 4 heterocycles. The smallest absolute Gasteiger partial charge is 0.201 e. The third kappa shape index (κ3) is 4.39. The fourth-order valence-electron chi connectivity index (χ4n) is 4.76. The number of aromatic nitrogens is 2. The van der Waals surface area contributed by atoms with Gasteiger partial charge in [-0.2, -0.15) is 0 Å². The van der Waals surface area contributed by atoms with Crippen molar-refractivity contribution in [3.05, 3.63) is 60.2 Å². The van der Waals surface area contributed by atoms with Crippen LogP contribution in [0.5, 0.6) is 0 Å². The molecular weight excluding hydrogens is 364 g/mol. The zero-order valence-corrected chi connectivity index (χ0v) is 17.4. The van der Waals surface area contributed by atoms with Gasteiger partial charge in [-0.15, -0.1) is 0 Å². The molecule has 1 atom stereocenters.